The third-order valence-corrected chi connectivity index (χ3v) is 3.18. The van der Waals surface area contributed by atoms with Gasteiger partial charge in [0.2, 0.25) is 0 Å². The molecule has 0 aromatic heterocycles. The summed E-state index contributed by atoms with van der Waals surface area (Å²) in [6, 6.07) is 5.18. The molecule has 1 unspecified atom stereocenters. The van der Waals surface area contributed by atoms with Crippen LogP contribution in [0.25, 0.3) is 0 Å². The van der Waals surface area contributed by atoms with Crippen molar-refractivity contribution in [2.45, 2.75) is 23.5 Å². The van der Waals surface area contributed by atoms with E-state index in [0.717, 1.165) is 4.90 Å². The highest BCUT2D eigenvalue weighted by atomic mass is 35.5. The van der Waals surface area contributed by atoms with Gasteiger partial charge >= 0.3 is 5.97 Å². The van der Waals surface area contributed by atoms with Crippen LogP contribution < -0.4 is 5.73 Å². The van der Waals surface area contributed by atoms with Crippen molar-refractivity contribution < 1.29 is 9.90 Å². The van der Waals surface area contributed by atoms with Crippen molar-refractivity contribution in [3.63, 3.8) is 0 Å². The molecule has 1 rings (SSSR count). The standard InChI is InChI=1S/C10H12ClNO2S/c1-6(4-10(13)14)15-9-5-7(11)2-3-8(9)12/h2-3,5-6H,4,12H2,1H3,(H,13,14). The lowest BCUT2D eigenvalue weighted by atomic mass is 10.3. The van der Waals surface area contributed by atoms with Crippen LogP contribution in [0.3, 0.4) is 0 Å². The number of aliphatic carboxylic acids is 1. The molecule has 1 aromatic rings. The van der Waals surface area contributed by atoms with E-state index >= 15 is 0 Å². The van der Waals surface area contributed by atoms with Crippen LogP contribution in [0.5, 0.6) is 0 Å². The summed E-state index contributed by atoms with van der Waals surface area (Å²) in [5, 5.41) is 9.20. The van der Waals surface area contributed by atoms with Gasteiger partial charge in [0, 0.05) is 20.9 Å². The highest BCUT2D eigenvalue weighted by Crippen LogP contribution is 2.32. The fourth-order valence-corrected chi connectivity index (χ4v) is 2.41. The average molecular weight is 246 g/mol. The van der Waals surface area contributed by atoms with Crippen molar-refractivity contribution >= 4 is 35.0 Å². The number of hydrogen-bond acceptors (Lipinski definition) is 3. The van der Waals surface area contributed by atoms with Crippen LogP contribution in [0.2, 0.25) is 5.02 Å². The number of halogens is 1. The first kappa shape index (κ1) is 12.2. The van der Waals surface area contributed by atoms with E-state index in [1.165, 1.54) is 11.8 Å². The molecule has 0 aliphatic heterocycles. The Bertz CT molecular complexity index is 370. The summed E-state index contributed by atoms with van der Waals surface area (Å²) in [6.07, 6.45) is 0.108. The van der Waals surface area contributed by atoms with Crippen LogP contribution >= 0.6 is 23.4 Å². The van der Waals surface area contributed by atoms with Gasteiger partial charge in [0.05, 0.1) is 6.42 Å². The average Bonchev–Trinajstić information content (AvgIpc) is 2.10. The number of rotatable bonds is 4. The van der Waals surface area contributed by atoms with Crippen LogP contribution in [0, 0.1) is 0 Å². The number of carboxylic acid groups (broad SMARTS) is 1. The minimum absolute atomic E-state index is 0.0248. The van der Waals surface area contributed by atoms with Gasteiger partial charge in [0.1, 0.15) is 0 Å². The predicted octanol–water partition coefficient (Wildman–Crippen LogP) is 2.88. The molecule has 0 aliphatic rings. The predicted molar refractivity (Wildman–Crippen MR) is 63.4 cm³/mol. The Morgan fingerprint density at radius 2 is 2.33 bits per heavy atom. The minimum Gasteiger partial charge on any atom is -0.481 e. The minimum atomic E-state index is -0.810. The third kappa shape index (κ3) is 4.01. The van der Waals surface area contributed by atoms with Crippen molar-refractivity contribution in [2.24, 2.45) is 0 Å². The fraction of sp³-hybridized carbons (Fsp3) is 0.300. The molecule has 0 aliphatic carbocycles. The topological polar surface area (TPSA) is 63.3 Å². The van der Waals surface area contributed by atoms with Gasteiger partial charge in [-0.1, -0.05) is 18.5 Å². The van der Waals surface area contributed by atoms with E-state index in [1.54, 1.807) is 18.2 Å². The molecule has 0 spiro atoms. The van der Waals surface area contributed by atoms with Crippen LogP contribution in [0.15, 0.2) is 23.1 Å². The molecule has 15 heavy (non-hydrogen) atoms. The van der Waals surface area contributed by atoms with E-state index in [-0.39, 0.29) is 11.7 Å². The Balaban J connectivity index is 2.71. The van der Waals surface area contributed by atoms with E-state index in [4.69, 9.17) is 22.4 Å². The summed E-state index contributed by atoms with van der Waals surface area (Å²) in [7, 11) is 0. The van der Waals surface area contributed by atoms with E-state index in [1.807, 2.05) is 6.92 Å². The van der Waals surface area contributed by atoms with Crippen molar-refractivity contribution in [1.29, 1.82) is 0 Å². The molecule has 1 aromatic carbocycles. The third-order valence-electron chi connectivity index (χ3n) is 1.77. The Kier molecular flexibility index (Phi) is 4.29. The zero-order valence-corrected chi connectivity index (χ0v) is 9.81. The maximum absolute atomic E-state index is 10.5. The number of carboxylic acids is 1. The quantitative estimate of drug-likeness (QED) is 0.633. The van der Waals surface area contributed by atoms with Crippen LogP contribution in [-0.4, -0.2) is 16.3 Å². The molecule has 0 saturated carbocycles. The molecule has 3 nitrogen and oxygen atoms in total. The molecule has 1 atom stereocenters. The molecular weight excluding hydrogens is 234 g/mol. The monoisotopic (exact) mass is 245 g/mol. The number of nitrogens with two attached hydrogens (primary N) is 1. The van der Waals surface area contributed by atoms with Gasteiger partial charge in [-0.05, 0) is 18.2 Å². The van der Waals surface area contributed by atoms with Crippen molar-refractivity contribution in [2.75, 3.05) is 5.73 Å². The second kappa shape index (κ2) is 5.28. The molecule has 5 heteroatoms. The maximum atomic E-state index is 10.5. The number of carbonyl (C=O) groups is 1. The molecule has 0 heterocycles. The summed E-state index contributed by atoms with van der Waals surface area (Å²) < 4.78 is 0. The first-order valence-corrected chi connectivity index (χ1v) is 5.68. The summed E-state index contributed by atoms with van der Waals surface area (Å²) in [5.41, 5.74) is 6.37. The Labute approximate surface area is 97.6 Å². The summed E-state index contributed by atoms with van der Waals surface area (Å²) in [4.78, 5) is 11.3. The van der Waals surface area contributed by atoms with Crippen LogP contribution in [0.4, 0.5) is 5.69 Å². The molecule has 3 N–H and O–H groups in total. The van der Waals surface area contributed by atoms with Gasteiger partial charge in [-0.3, -0.25) is 4.79 Å². The smallest absolute Gasteiger partial charge is 0.304 e. The second-order valence-electron chi connectivity index (χ2n) is 3.21. The fourth-order valence-electron chi connectivity index (χ4n) is 1.11. The highest BCUT2D eigenvalue weighted by molar-refractivity contribution is 8.00. The normalized spacial score (nSPS) is 12.4. The Morgan fingerprint density at radius 1 is 1.67 bits per heavy atom. The lowest BCUT2D eigenvalue weighted by Gasteiger charge is -2.10. The number of thioether (sulfide) groups is 1. The zero-order valence-electron chi connectivity index (χ0n) is 8.24. The van der Waals surface area contributed by atoms with Crippen molar-refractivity contribution in [3.8, 4) is 0 Å². The first-order valence-electron chi connectivity index (χ1n) is 4.42. The van der Waals surface area contributed by atoms with Gasteiger partial charge in [0.25, 0.3) is 0 Å². The van der Waals surface area contributed by atoms with Crippen LogP contribution in [-0.2, 0) is 4.79 Å². The van der Waals surface area contributed by atoms with E-state index in [9.17, 15) is 4.79 Å². The van der Waals surface area contributed by atoms with Crippen LogP contribution in [0.1, 0.15) is 13.3 Å². The zero-order chi connectivity index (χ0) is 11.4. The molecule has 82 valence electrons. The van der Waals surface area contributed by atoms with Gasteiger partial charge in [-0.2, -0.15) is 0 Å². The second-order valence-corrected chi connectivity index (χ2v) is 5.13. The number of nitrogen functional groups attached to an aromatic ring is 1. The summed E-state index contributed by atoms with van der Waals surface area (Å²) in [5.74, 6) is -0.810. The van der Waals surface area contributed by atoms with Gasteiger partial charge in [0.15, 0.2) is 0 Å². The molecule has 0 saturated heterocycles. The molecule has 0 radical (unpaired) electrons. The molecule has 0 bridgehead atoms. The van der Waals surface area contributed by atoms with Crippen molar-refractivity contribution in [1.82, 2.24) is 0 Å². The van der Waals surface area contributed by atoms with E-state index in [0.29, 0.717) is 10.7 Å². The lowest BCUT2D eigenvalue weighted by Crippen LogP contribution is -2.05. The van der Waals surface area contributed by atoms with E-state index in [2.05, 4.69) is 0 Å². The van der Waals surface area contributed by atoms with Gasteiger partial charge < -0.3 is 10.8 Å². The highest BCUT2D eigenvalue weighted by Gasteiger charge is 2.11. The largest absolute Gasteiger partial charge is 0.481 e. The Hall–Kier alpha value is -0.870. The molecule has 0 amide bonds. The molecule has 0 fully saturated rings. The maximum Gasteiger partial charge on any atom is 0.304 e. The summed E-state index contributed by atoms with van der Waals surface area (Å²) >= 11 is 7.24. The summed E-state index contributed by atoms with van der Waals surface area (Å²) in [6.45, 7) is 1.85. The number of benzene rings is 1. The number of anilines is 1. The lowest BCUT2D eigenvalue weighted by molar-refractivity contribution is -0.136. The van der Waals surface area contributed by atoms with E-state index < -0.39 is 5.97 Å². The number of hydrogen-bond donors (Lipinski definition) is 2. The van der Waals surface area contributed by atoms with Crippen molar-refractivity contribution in [3.05, 3.63) is 23.2 Å². The molecular formula is C10H12ClNO2S. The van der Waals surface area contributed by atoms with Gasteiger partial charge in [-0.15, -0.1) is 11.8 Å². The Morgan fingerprint density at radius 3 is 2.93 bits per heavy atom. The van der Waals surface area contributed by atoms with Gasteiger partial charge in [-0.25, -0.2) is 0 Å². The first-order chi connectivity index (χ1) is 6.99. The SMILES string of the molecule is CC(CC(=O)O)Sc1cc(Cl)ccc1N.